The molecule has 2 aromatic carbocycles. The number of hydrogen-bond donors (Lipinski definition) is 1. The quantitative estimate of drug-likeness (QED) is 0.714. The third-order valence-electron chi connectivity index (χ3n) is 4.68. The van der Waals surface area contributed by atoms with E-state index in [1.807, 2.05) is 42.0 Å². The van der Waals surface area contributed by atoms with E-state index in [1.54, 1.807) is 0 Å². The molecular formula is C20H20FN3O3S. The standard InChI is InChI=1S/C20H20FN3O3S/c1-14-2-4-15(5-3-14)19-12-24-11-17(27-13-20(24)23-19)10-22-28(25,26)18-8-6-16(21)7-9-18/h2-9,12,17,22H,10-11,13H2,1H3/t17-/m0/s1. The number of sulfonamides is 1. The Balaban J connectivity index is 1.43. The number of rotatable bonds is 5. The smallest absolute Gasteiger partial charge is 0.240 e. The average Bonchev–Trinajstić information content (AvgIpc) is 3.11. The van der Waals surface area contributed by atoms with Crippen LogP contribution >= 0.6 is 0 Å². The highest BCUT2D eigenvalue weighted by atomic mass is 32.2. The molecule has 0 bridgehead atoms. The lowest BCUT2D eigenvalue weighted by Crippen LogP contribution is -2.38. The Labute approximate surface area is 163 Å². The monoisotopic (exact) mass is 401 g/mol. The first kappa shape index (κ1) is 18.8. The summed E-state index contributed by atoms with van der Waals surface area (Å²) in [5, 5.41) is 0. The first-order chi connectivity index (χ1) is 13.4. The number of benzene rings is 2. The second-order valence-corrected chi connectivity index (χ2v) is 8.57. The van der Waals surface area contributed by atoms with Crippen LogP contribution in [0.5, 0.6) is 0 Å². The molecule has 1 atom stereocenters. The van der Waals surface area contributed by atoms with E-state index in [9.17, 15) is 12.8 Å². The van der Waals surface area contributed by atoms with E-state index in [1.165, 1.54) is 17.7 Å². The van der Waals surface area contributed by atoms with Gasteiger partial charge in [0.25, 0.3) is 0 Å². The Morgan fingerprint density at radius 3 is 2.61 bits per heavy atom. The molecule has 1 aliphatic heterocycles. The molecule has 0 spiro atoms. The van der Waals surface area contributed by atoms with Crippen molar-refractivity contribution in [2.75, 3.05) is 6.54 Å². The van der Waals surface area contributed by atoms with Gasteiger partial charge in [0, 0.05) is 18.3 Å². The highest BCUT2D eigenvalue weighted by Crippen LogP contribution is 2.22. The highest BCUT2D eigenvalue weighted by molar-refractivity contribution is 7.89. The molecule has 1 aromatic heterocycles. The molecule has 0 radical (unpaired) electrons. The minimum absolute atomic E-state index is 0.0229. The fraction of sp³-hybridized carbons (Fsp3) is 0.250. The Hall–Kier alpha value is -2.55. The molecule has 0 saturated heterocycles. The summed E-state index contributed by atoms with van der Waals surface area (Å²) in [6.07, 6.45) is 1.65. The number of imidazole rings is 1. The van der Waals surface area contributed by atoms with Gasteiger partial charge in [-0.05, 0) is 31.2 Å². The minimum atomic E-state index is -3.72. The van der Waals surface area contributed by atoms with Crippen LogP contribution in [0.15, 0.2) is 59.6 Å². The normalized spacial score (nSPS) is 16.7. The second kappa shape index (κ2) is 7.46. The van der Waals surface area contributed by atoms with Crippen LogP contribution in [0.25, 0.3) is 11.3 Å². The first-order valence-electron chi connectivity index (χ1n) is 8.91. The highest BCUT2D eigenvalue weighted by Gasteiger charge is 2.23. The van der Waals surface area contributed by atoms with Gasteiger partial charge in [-0.1, -0.05) is 29.8 Å². The molecule has 28 heavy (non-hydrogen) atoms. The molecule has 4 rings (SSSR count). The topological polar surface area (TPSA) is 73.2 Å². The van der Waals surface area contributed by atoms with Crippen molar-refractivity contribution in [2.24, 2.45) is 0 Å². The minimum Gasteiger partial charge on any atom is -0.367 e. The van der Waals surface area contributed by atoms with Crippen molar-refractivity contribution in [2.45, 2.75) is 31.1 Å². The van der Waals surface area contributed by atoms with E-state index in [0.717, 1.165) is 29.2 Å². The third-order valence-corrected chi connectivity index (χ3v) is 6.12. The summed E-state index contributed by atoms with van der Waals surface area (Å²) in [5.41, 5.74) is 3.08. The molecule has 1 N–H and O–H groups in total. The van der Waals surface area contributed by atoms with E-state index in [2.05, 4.69) is 9.71 Å². The summed E-state index contributed by atoms with van der Waals surface area (Å²) in [5.74, 6) is 0.333. The Morgan fingerprint density at radius 2 is 1.89 bits per heavy atom. The molecule has 2 heterocycles. The molecule has 1 aliphatic rings. The average molecular weight is 401 g/mol. The Bertz CT molecular complexity index is 1080. The molecule has 0 aliphatic carbocycles. The molecule has 3 aromatic rings. The van der Waals surface area contributed by atoms with E-state index in [4.69, 9.17) is 4.74 Å². The number of aromatic nitrogens is 2. The number of nitrogens with zero attached hydrogens (tertiary/aromatic N) is 2. The number of fused-ring (bicyclic) bond motifs is 1. The summed E-state index contributed by atoms with van der Waals surface area (Å²) in [7, 11) is -3.72. The van der Waals surface area contributed by atoms with Crippen LogP contribution in [0, 0.1) is 12.7 Å². The van der Waals surface area contributed by atoms with Crippen LogP contribution in [0.4, 0.5) is 4.39 Å². The lowest BCUT2D eigenvalue weighted by Gasteiger charge is -2.24. The van der Waals surface area contributed by atoms with Gasteiger partial charge < -0.3 is 9.30 Å². The van der Waals surface area contributed by atoms with Crippen LogP contribution in [-0.2, 0) is 27.9 Å². The van der Waals surface area contributed by atoms with Crippen LogP contribution in [-0.4, -0.2) is 30.6 Å². The summed E-state index contributed by atoms with van der Waals surface area (Å²) in [6, 6.07) is 12.8. The van der Waals surface area contributed by atoms with Gasteiger partial charge in [0.15, 0.2) is 0 Å². The van der Waals surface area contributed by atoms with Gasteiger partial charge in [-0.3, -0.25) is 0 Å². The number of halogens is 1. The van der Waals surface area contributed by atoms with Crippen LogP contribution in [0.1, 0.15) is 11.4 Å². The summed E-state index contributed by atoms with van der Waals surface area (Å²) >= 11 is 0. The molecule has 0 unspecified atom stereocenters. The van der Waals surface area contributed by atoms with Crippen LogP contribution < -0.4 is 4.72 Å². The maximum absolute atomic E-state index is 13.0. The zero-order valence-corrected chi connectivity index (χ0v) is 16.1. The summed E-state index contributed by atoms with van der Waals surface area (Å²) in [6.45, 7) is 2.97. The molecule has 8 heteroatoms. The maximum atomic E-state index is 13.0. The van der Waals surface area contributed by atoms with Gasteiger partial charge in [-0.25, -0.2) is 22.5 Å². The van der Waals surface area contributed by atoms with Crippen molar-refractivity contribution in [1.29, 1.82) is 0 Å². The van der Waals surface area contributed by atoms with Crippen molar-refractivity contribution in [1.82, 2.24) is 14.3 Å². The molecule has 0 saturated carbocycles. The van der Waals surface area contributed by atoms with Crippen molar-refractivity contribution in [3.63, 3.8) is 0 Å². The van der Waals surface area contributed by atoms with Gasteiger partial charge in [-0.15, -0.1) is 0 Å². The van der Waals surface area contributed by atoms with Crippen molar-refractivity contribution in [3.05, 3.63) is 71.9 Å². The van der Waals surface area contributed by atoms with Crippen molar-refractivity contribution >= 4 is 10.0 Å². The van der Waals surface area contributed by atoms with Crippen molar-refractivity contribution in [3.8, 4) is 11.3 Å². The summed E-state index contributed by atoms with van der Waals surface area (Å²) < 4.78 is 48.0. The lowest BCUT2D eigenvalue weighted by atomic mass is 10.1. The van der Waals surface area contributed by atoms with Gasteiger partial charge in [0.2, 0.25) is 10.0 Å². The SMILES string of the molecule is Cc1ccc(-c2cn3c(n2)CO[C@@H](CNS(=O)(=O)c2ccc(F)cc2)C3)cc1. The zero-order chi connectivity index (χ0) is 19.7. The largest absolute Gasteiger partial charge is 0.367 e. The maximum Gasteiger partial charge on any atom is 0.240 e. The van der Waals surface area contributed by atoms with Gasteiger partial charge in [-0.2, -0.15) is 0 Å². The van der Waals surface area contributed by atoms with Gasteiger partial charge in [0.05, 0.1) is 23.2 Å². The third kappa shape index (κ3) is 3.99. The lowest BCUT2D eigenvalue weighted by molar-refractivity contribution is 0.00586. The number of nitrogens with one attached hydrogen (secondary N) is 1. The fourth-order valence-corrected chi connectivity index (χ4v) is 4.14. The predicted octanol–water partition coefficient (Wildman–Crippen LogP) is 2.87. The Kier molecular flexibility index (Phi) is 5.01. The molecule has 0 fully saturated rings. The van der Waals surface area contributed by atoms with E-state index < -0.39 is 15.8 Å². The van der Waals surface area contributed by atoms with Gasteiger partial charge >= 0.3 is 0 Å². The van der Waals surface area contributed by atoms with E-state index in [0.29, 0.717) is 13.2 Å². The zero-order valence-electron chi connectivity index (χ0n) is 15.3. The molecular weight excluding hydrogens is 381 g/mol. The predicted molar refractivity (Wildman–Crippen MR) is 103 cm³/mol. The Morgan fingerprint density at radius 1 is 1.18 bits per heavy atom. The fourth-order valence-electron chi connectivity index (χ4n) is 3.08. The first-order valence-corrected chi connectivity index (χ1v) is 10.4. The van der Waals surface area contributed by atoms with Gasteiger partial charge in [0.1, 0.15) is 18.2 Å². The molecule has 0 amide bonds. The molecule has 146 valence electrons. The van der Waals surface area contributed by atoms with E-state index in [-0.39, 0.29) is 17.5 Å². The number of aryl methyl sites for hydroxylation is 1. The molecule has 6 nitrogen and oxygen atoms in total. The van der Waals surface area contributed by atoms with Crippen LogP contribution in [0.3, 0.4) is 0 Å². The van der Waals surface area contributed by atoms with E-state index >= 15 is 0 Å². The number of ether oxygens (including phenoxy) is 1. The summed E-state index contributed by atoms with van der Waals surface area (Å²) in [4.78, 5) is 4.64. The van der Waals surface area contributed by atoms with Crippen LogP contribution in [0.2, 0.25) is 0 Å². The number of hydrogen-bond acceptors (Lipinski definition) is 4. The van der Waals surface area contributed by atoms with Crippen molar-refractivity contribution < 1.29 is 17.5 Å². The second-order valence-electron chi connectivity index (χ2n) is 6.80.